The lowest BCUT2D eigenvalue weighted by atomic mass is 10.1. The summed E-state index contributed by atoms with van der Waals surface area (Å²) in [4.78, 5) is 4.47. The topological polar surface area (TPSA) is 42.2 Å². The van der Waals surface area contributed by atoms with Crippen molar-refractivity contribution in [3.63, 3.8) is 0 Å². The number of hydrogen-bond donors (Lipinski definition) is 1. The average molecular weight is 333 g/mol. The molecular formula is C15H22F3N3S. The van der Waals surface area contributed by atoms with Crippen LogP contribution in [0, 0.1) is 6.92 Å². The van der Waals surface area contributed by atoms with Crippen LogP contribution in [0.1, 0.15) is 44.5 Å². The second-order valence-electron chi connectivity index (χ2n) is 6.02. The third-order valence-corrected chi connectivity index (χ3v) is 5.38. The van der Waals surface area contributed by atoms with Crippen molar-refractivity contribution < 1.29 is 13.2 Å². The molecule has 3 unspecified atom stereocenters. The minimum Gasteiger partial charge on any atom is -0.328 e. The number of pyridine rings is 1. The molecule has 1 aliphatic rings. The molecule has 3 nitrogen and oxygen atoms in total. The molecule has 2 rings (SSSR count). The maximum Gasteiger partial charge on any atom is 0.433 e. The minimum atomic E-state index is -4.40. The van der Waals surface area contributed by atoms with Crippen LogP contribution in [0.4, 0.5) is 13.2 Å². The van der Waals surface area contributed by atoms with Gasteiger partial charge in [0.15, 0.2) is 0 Å². The molecule has 124 valence electrons. The van der Waals surface area contributed by atoms with E-state index in [1.807, 2.05) is 6.92 Å². The predicted octanol–water partition coefficient (Wildman–Crippen LogP) is 4.01. The highest BCUT2D eigenvalue weighted by Crippen LogP contribution is 2.38. The molecule has 2 N–H and O–H groups in total. The van der Waals surface area contributed by atoms with Crippen molar-refractivity contribution in [2.75, 3.05) is 0 Å². The predicted molar refractivity (Wildman–Crippen MR) is 82.4 cm³/mol. The Morgan fingerprint density at radius 1 is 1.41 bits per heavy atom. The highest BCUT2D eigenvalue weighted by Gasteiger charge is 2.34. The molecule has 0 aromatic carbocycles. The van der Waals surface area contributed by atoms with Crippen LogP contribution < -0.4 is 5.73 Å². The highest BCUT2D eigenvalue weighted by atomic mass is 32.2. The average Bonchev–Trinajstić information content (AvgIpc) is 2.71. The van der Waals surface area contributed by atoms with Gasteiger partial charge in [-0.1, -0.05) is 0 Å². The van der Waals surface area contributed by atoms with Gasteiger partial charge in [0.2, 0.25) is 0 Å². The first-order valence-electron chi connectivity index (χ1n) is 7.45. The highest BCUT2D eigenvalue weighted by molar-refractivity contribution is 7.97. The van der Waals surface area contributed by atoms with Crippen LogP contribution in [-0.2, 0) is 6.18 Å². The molecule has 0 spiro atoms. The zero-order chi connectivity index (χ0) is 16.5. The van der Waals surface area contributed by atoms with Crippen molar-refractivity contribution in [2.24, 2.45) is 5.73 Å². The summed E-state index contributed by atoms with van der Waals surface area (Å²) >= 11 is 1.50. The van der Waals surface area contributed by atoms with Gasteiger partial charge in [-0.3, -0.25) is 0 Å². The summed E-state index contributed by atoms with van der Waals surface area (Å²) in [6.07, 6.45) is -1.35. The smallest absolute Gasteiger partial charge is 0.328 e. The molecule has 1 aliphatic heterocycles. The van der Waals surface area contributed by atoms with Crippen LogP contribution >= 0.6 is 11.9 Å². The van der Waals surface area contributed by atoms with E-state index in [4.69, 9.17) is 5.73 Å². The number of aryl methyl sites for hydroxylation is 1. The maximum atomic E-state index is 12.7. The lowest BCUT2D eigenvalue weighted by Crippen LogP contribution is -2.33. The van der Waals surface area contributed by atoms with E-state index < -0.39 is 11.9 Å². The fourth-order valence-corrected chi connectivity index (χ4v) is 3.94. The molecule has 1 saturated heterocycles. The monoisotopic (exact) mass is 333 g/mol. The Kier molecular flexibility index (Phi) is 5.40. The van der Waals surface area contributed by atoms with Gasteiger partial charge in [-0.05, 0) is 64.1 Å². The van der Waals surface area contributed by atoms with E-state index >= 15 is 0 Å². The van der Waals surface area contributed by atoms with Crippen molar-refractivity contribution in [1.82, 2.24) is 9.29 Å². The molecular weight excluding hydrogens is 311 g/mol. The maximum absolute atomic E-state index is 12.7. The molecule has 0 amide bonds. The molecule has 0 radical (unpaired) electrons. The zero-order valence-corrected chi connectivity index (χ0v) is 13.8. The number of alkyl halides is 3. The first-order chi connectivity index (χ1) is 10.2. The van der Waals surface area contributed by atoms with E-state index in [9.17, 15) is 13.2 Å². The van der Waals surface area contributed by atoms with Crippen molar-refractivity contribution in [3.8, 4) is 0 Å². The number of halogens is 3. The normalized spacial score (nSPS) is 24.7. The summed E-state index contributed by atoms with van der Waals surface area (Å²) in [7, 11) is 0. The quantitative estimate of drug-likeness (QED) is 0.846. The van der Waals surface area contributed by atoms with Crippen LogP contribution in [-0.4, -0.2) is 27.4 Å². The Morgan fingerprint density at radius 3 is 2.64 bits per heavy atom. The van der Waals surface area contributed by atoms with Gasteiger partial charge < -0.3 is 5.73 Å². The molecule has 0 aliphatic carbocycles. The Labute approximate surface area is 133 Å². The minimum absolute atomic E-state index is 0.116. The largest absolute Gasteiger partial charge is 0.433 e. The van der Waals surface area contributed by atoms with E-state index in [1.54, 1.807) is 6.92 Å². The van der Waals surface area contributed by atoms with E-state index in [0.717, 1.165) is 30.2 Å². The van der Waals surface area contributed by atoms with Crippen molar-refractivity contribution in [1.29, 1.82) is 0 Å². The molecule has 7 heteroatoms. The fraction of sp³-hybridized carbons (Fsp3) is 0.667. The van der Waals surface area contributed by atoms with Gasteiger partial charge in [0.05, 0.1) is 5.69 Å². The summed E-state index contributed by atoms with van der Waals surface area (Å²) < 4.78 is 40.3. The van der Waals surface area contributed by atoms with Gasteiger partial charge in [-0.15, -0.1) is 0 Å². The first kappa shape index (κ1) is 17.6. The number of nitrogens with zero attached hydrogens (tertiary/aromatic N) is 2. The second kappa shape index (κ2) is 6.76. The summed E-state index contributed by atoms with van der Waals surface area (Å²) in [5.74, 6) is 0. The Morgan fingerprint density at radius 2 is 2.09 bits per heavy atom. The molecule has 22 heavy (non-hydrogen) atoms. The van der Waals surface area contributed by atoms with Gasteiger partial charge in [0, 0.05) is 23.0 Å². The molecule has 1 fully saturated rings. The van der Waals surface area contributed by atoms with Crippen molar-refractivity contribution >= 4 is 11.9 Å². The first-order valence-corrected chi connectivity index (χ1v) is 8.22. The molecule has 3 atom stereocenters. The standard InChI is InChI=1S/C15H22F3N3S/c1-9(19)8-12-5-4-10(2)21(12)22-13-6-7-14(15(16,17)18)20-11(13)3/h6-7,9-10,12H,4-5,8,19H2,1-3H3. The molecule has 1 aromatic heterocycles. The Hall–Kier alpha value is -0.790. The van der Waals surface area contributed by atoms with Gasteiger partial charge in [-0.2, -0.15) is 13.2 Å². The van der Waals surface area contributed by atoms with Gasteiger partial charge in [-0.25, -0.2) is 9.29 Å². The van der Waals surface area contributed by atoms with E-state index in [-0.39, 0.29) is 6.04 Å². The van der Waals surface area contributed by atoms with Crippen LogP contribution in [0.15, 0.2) is 17.0 Å². The van der Waals surface area contributed by atoms with Crippen LogP contribution in [0.5, 0.6) is 0 Å². The van der Waals surface area contributed by atoms with Gasteiger partial charge >= 0.3 is 6.18 Å². The number of aromatic nitrogens is 1. The van der Waals surface area contributed by atoms with E-state index in [2.05, 4.69) is 16.2 Å². The van der Waals surface area contributed by atoms with Crippen molar-refractivity contribution in [2.45, 2.75) is 69.2 Å². The zero-order valence-electron chi connectivity index (χ0n) is 13.0. The molecule has 2 heterocycles. The van der Waals surface area contributed by atoms with E-state index in [1.165, 1.54) is 18.0 Å². The third-order valence-electron chi connectivity index (χ3n) is 3.89. The van der Waals surface area contributed by atoms with Gasteiger partial charge in [0.1, 0.15) is 5.69 Å². The van der Waals surface area contributed by atoms with E-state index in [0.29, 0.717) is 17.8 Å². The second-order valence-corrected chi connectivity index (χ2v) is 7.07. The molecule has 0 bridgehead atoms. The lowest BCUT2D eigenvalue weighted by molar-refractivity contribution is -0.141. The summed E-state index contributed by atoms with van der Waals surface area (Å²) in [5.41, 5.74) is 5.48. The summed E-state index contributed by atoms with van der Waals surface area (Å²) in [6, 6.07) is 3.43. The van der Waals surface area contributed by atoms with Crippen LogP contribution in [0.2, 0.25) is 0 Å². The van der Waals surface area contributed by atoms with Gasteiger partial charge in [0.25, 0.3) is 0 Å². The van der Waals surface area contributed by atoms with Crippen molar-refractivity contribution in [3.05, 3.63) is 23.5 Å². The fourth-order valence-electron chi connectivity index (χ4n) is 2.78. The Bertz CT molecular complexity index is 519. The number of rotatable bonds is 4. The summed E-state index contributed by atoms with van der Waals surface area (Å²) in [6.45, 7) is 5.75. The number of nitrogens with two attached hydrogens (primary N) is 1. The van der Waals surface area contributed by atoms with Crippen LogP contribution in [0.25, 0.3) is 0 Å². The van der Waals surface area contributed by atoms with Crippen LogP contribution in [0.3, 0.4) is 0 Å². The SMILES string of the molecule is Cc1nc(C(F)(F)F)ccc1SN1C(C)CCC1CC(C)N. The third kappa shape index (κ3) is 4.14. The Balaban J connectivity index is 2.15. The number of hydrogen-bond acceptors (Lipinski definition) is 4. The molecule has 0 saturated carbocycles. The lowest BCUT2D eigenvalue weighted by Gasteiger charge is -2.28. The summed E-state index contributed by atoms with van der Waals surface area (Å²) in [5, 5.41) is 0. The molecule has 1 aromatic rings.